The Hall–Kier alpha value is -1.32. The molecule has 4 nitrogen and oxygen atoms in total. The number of anilines is 1. The molecular formula is C12H19N3O. The van der Waals surface area contributed by atoms with Crippen LogP contribution in [0, 0.1) is 5.92 Å². The van der Waals surface area contributed by atoms with Crippen LogP contribution in [0.15, 0.2) is 12.4 Å². The van der Waals surface area contributed by atoms with Crippen LogP contribution >= 0.6 is 0 Å². The third-order valence-electron chi connectivity index (χ3n) is 3.33. The van der Waals surface area contributed by atoms with E-state index in [4.69, 9.17) is 4.74 Å². The molecule has 0 unspecified atom stereocenters. The molecule has 1 aromatic rings. The van der Waals surface area contributed by atoms with E-state index >= 15 is 0 Å². The summed E-state index contributed by atoms with van der Waals surface area (Å²) in [6.45, 7) is 4.39. The third kappa shape index (κ3) is 2.26. The molecule has 88 valence electrons. The van der Waals surface area contributed by atoms with Gasteiger partial charge in [0, 0.05) is 25.5 Å². The minimum atomic E-state index is 0.637. The predicted molar refractivity (Wildman–Crippen MR) is 63.8 cm³/mol. The number of piperidine rings is 1. The molecule has 16 heavy (non-hydrogen) atoms. The fourth-order valence-corrected chi connectivity index (χ4v) is 2.23. The van der Waals surface area contributed by atoms with Gasteiger partial charge in [-0.15, -0.1) is 0 Å². The minimum Gasteiger partial charge on any atom is -0.478 e. The number of ether oxygens (including phenoxy) is 1. The maximum atomic E-state index is 5.24. The van der Waals surface area contributed by atoms with Crippen molar-refractivity contribution in [2.24, 2.45) is 5.92 Å². The fraction of sp³-hybridized carbons (Fsp3) is 0.667. The van der Waals surface area contributed by atoms with Gasteiger partial charge in [-0.05, 0) is 18.8 Å². The molecule has 0 N–H and O–H groups in total. The zero-order chi connectivity index (χ0) is 11.4. The Bertz CT molecular complexity index is 335. The van der Waals surface area contributed by atoms with Crippen molar-refractivity contribution in [3.63, 3.8) is 0 Å². The van der Waals surface area contributed by atoms with Crippen molar-refractivity contribution < 1.29 is 4.74 Å². The molecule has 0 saturated carbocycles. The molecule has 1 aromatic heterocycles. The maximum absolute atomic E-state index is 5.24. The molecule has 2 rings (SSSR count). The Labute approximate surface area is 96.7 Å². The summed E-state index contributed by atoms with van der Waals surface area (Å²) in [5, 5.41) is 0. The molecule has 0 aliphatic carbocycles. The molecule has 0 radical (unpaired) electrons. The molecular weight excluding hydrogens is 202 g/mol. The fourth-order valence-electron chi connectivity index (χ4n) is 2.23. The van der Waals surface area contributed by atoms with Gasteiger partial charge in [-0.2, -0.15) is 0 Å². The van der Waals surface area contributed by atoms with Gasteiger partial charge in [0.1, 0.15) is 0 Å². The van der Waals surface area contributed by atoms with Crippen LogP contribution in [0.1, 0.15) is 26.2 Å². The third-order valence-corrected chi connectivity index (χ3v) is 3.33. The first-order valence-electron chi connectivity index (χ1n) is 5.95. The molecule has 0 spiro atoms. The van der Waals surface area contributed by atoms with Crippen molar-refractivity contribution in [3.05, 3.63) is 12.4 Å². The molecule has 0 bridgehead atoms. The van der Waals surface area contributed by atoms with E-state index in [2.05, 4.69) is 21.8 Å². The number of aromatic nitrogens is 2. The highest BCUT2D eigenvalue weighted by molar-refractivity contribution is 5.47. The SMILES string of the molecule is CCC1CCN(c2nccnc2OC)CC1. The normalized spacial score (nSPS) is 17.5. The Kier molecular flexibility index (Phi) is 3.59. The zero-order valence-electron chi connectivity index (χ0n) is 10.0. The second-order valence-electron chi connectivity index (χ2n) is 4.23. The summed E-state index contributed by atoms with van der Waals surface area (Å²) in [6, 6.07) is 0. The van der Waals surface area contributed by atoms with E-state index in [1.807, 2.05) is 0 Å². The largest absolute Gasteiger partial charge is 0.478 e. The molecule has 1 fully saturated rings. The first kappa shape index (κ1) is 11.2. The van der Waals surface area contributed by atoms with E-state index in [0.29, 0.717) is 5.88 Å². The van der Waals surface area contributed by atoms with Gasteiger partial charge >= 0.3 is 0 Å². The van der Waals surface area contributed by atoms with Gasteiger partial charge in [0.25, 0.3) is 5.88 Å². The van der Waals surface area contributed by atoms with Crippen LogP contribution in [-0.2, 0) is 0 Å². The summed E-state index contributed by atoms with van der Waals surface area (Å²) in [4.78, 5) is 10.8. The van der Waals surface area contributed by atoms with Crippen LogP contribution in [0.5, 0.6) is 5.88 Å². The monoisotopic (exact) mass is 221 g/mol. The molecule has 0 aromatic carbocycles. The molecule has 1 saturated heterocycles. The molecule has 2 heterocycles. The minimum absolute atomic E-state index is 0.637. The highest BCUT2D eigenvalue weighted by Gasteiger charge is 2.21. The summed E-state index contributed by atoms with van der Waals surface area (Å²) in [5.74, 6) is 2.40. The highest BCUT2D eigenvalue weighted by atomic mass is 16.5. The second kappa shape index (κ2) is 5.14. The maximum Gasteiger partial charge on any atom is 0.257 e. The molecule has 0 amide bonds. The van der Waals surface area contributed by atoms with Crippen LogP contribution in [0.2, 0.25) is 0 Å². The molecule has 1 aliphatic heterocycles. The Morgan fingerprint density at radius 1 is 1.31 bits per heavy atom. The lowest BCUT2D eigenvalue weighted by Crippen LogP contribution is -2.34. The average molecular weight is 221 g/mol. The van der Waals surface area contributed by atoms with Gasteiger partial charge < -0.3 is 9.64 Å². The average Bonchev–Trinajstić information content (AvgIpc) is 2.39. The number of hydrogen-bond acceptors (Lipinski definition) is 4. The zero-order valence-corrected chi connectivity index (χ0v) is 10.0. The summed E-state index contributed by atoms with van der Waals surface area (Å²) in [6.07, 6.45) is 7.17. The van der Waals surface area contributed by atoms with Gasteiger partial charge in [-0.1, -0.05) is 13.3 Å². The lowest BCUT2D eigenvalue weighted by Gasteiger charge is -2.32. The second-order valence-corrected chi connectivity index (χ2v) is 4.23. The smallest absolute Gasteiger partial charge is 0.257 e. The van der Waals surface area contributed by atoms with E-state index < -0.39 is 0 Å². The van der Waals surface area contributed by atoms with Crippen molar-refractivity contribution in [3.8, 4) is 5.88 Å². The molecule has 0 atom stereocenters. The van der Waals surface area contributed by atoms with Gasteiger partial charge in [0.15, 0.2) is 5.82 Å². The van der Waals surface area contributed by atoms with Crippen LogP contribution in [-0.4, -0.2) is 30.2 Å². The van der Waals surface area contributed by atoms with Gasteiger partial charge in [0.05, 0.1) is 7.11 Å². The topological polar surface area (TPSA) is 38.2 Å². The summed E-state index contributed by atoms with van der Waals surface area (Å²) in [7, 11) is 1.65. The number of rotatable bonds is 3. The van der Waals surface area contributed by atoms with Gasteiger partial charge in [-0.3, -0.25) is 0 Å². The van der Waals surface area contributed by atoms with Crippen LogP contribution in [0.3, 0.4) is 0 Å². The van der Waals surface area contributed by atoms with Gasteiger partial charge in [-0.25, -0.2) is 9.97 Å². The standard InChI is InChI=1S/C12H19N3O/c1-3-10-4-8-15(9-5-10)11-12(16-2)14-7-6-13-11/h6-7,10H,3-5,8-9H2,1-2H3. The van der Waals surface area contributed by atoms with Crippen LogP contribution in [0.25, 0.3) is 0 Å². The van der Waals surface area contributed by atoms with E-state index in [-0.39, 0.29) is 0 Å². The van der Waals surface area contributed by atoms with Crippen molar-refractivity contribution >= 4 is 5.82 Å². The lowest BCUT2D eigenvalue weighted by molar-refractivity contribution is 0.375. The number of hydrogen-bond donors (Lipinski definition) is 0. The molecule has 4 heteroatoms. The van der Waals surface area contributed by atoms with Crippen LogP contribution < -0.4 is 9.64 Å². The van der Waals surface area contributed by atoms with Gasteiger partial charge in [0.2, 0.25) is 0 Å². The van der Waals surface area contributed by atoms with E-state index in [1.165, 1.54) is 19.3 Å². The Morgan fingerprint density at radius 2 is 2.00 bits per heavy atom. The van der Waals surface area contributed by atoms with E-state index in [0.717, 1.165) is 24.8 Å². The predicted octanol–water partition coefficient (Wildman–Crippen LogP) is 2.11. The van der Waals surface area contributed by atoms with Crippen molar-refractivity contribution in [2.45, 2.75) is 26.2 Å². The quantitative estimate of drug-likeness (QED) is 0.783. The molecule has 1 aliphatic rings. The van der Waals surface area contributed by atoms with Crippen molar-refractivity contribution in [1.82, 2.24) is 9.97 Å². The van der Waals surface area contributed by atoms with E-state index in [1.54, 1.807) is 19.5 Å². The van der Waals surface area contributed by atoms with Crippen molar-refractivity contribution in [2.75, 3.05) is 25.1 Å². The first-order valence-corrected chi connectivity index (χ1v) is 5.95. The number of nitrogens with zero attached hydrogens (tertiary/aromatic N) is 3. The number of methoxy groups -OCH3 is 1. The summed E-state index contributed by atoms with van der Waals surface area (Å²) >= 11 is 0. The lowest BCUT2D eigenvalue weighted by atomic mass is 9.94. The Balaban J connectivity index is 2.07. The summed E-state index contributed by atoms with van der Waals surface area (Å²) in [5.41, 5.74) is 0. The highest BCUT2D eigenvalue weighted by Crippen LogP contribution is 2.28. The first-order chi connectivity index (χ1) is 7.85. The Morgan fingerprint density at radius 3 is 2.62 bits per heavy atom. The van der Waals surface area contributed by atoms with Crippen LogP contribution in [0.4, 0.5) is 5.82 Å². The van der Waals surface area contributed by atoms with E-state index in [9.17, 15) is 0 Å². The van der Waals surface area contributed by atoms with Crippen molar-refractivity contribution in [1.29, 1.82) is 0 Å². The summed E-state index contributed by atoms with van der Waals surface area (Å²) < 4.78 is 5.24.